The predicted octanol–water partition coefficient (Wildman–Crippen LogP) is 3.36. The van der Waals surface area contributed by atoms with E-state index in [2.05, 4.69) is 9.72 Å². The third kappa shape index (κ3) is 4.38. The SMILES string of the molecule is COC(=O)c1cc(N2CCN(C(=O)OC(C)(C)C)CC2)c2c(F)ccc(F)c2n1. The van der Waals surface area contributed by atoms with Gasteiger partial charge in [0, 0.05) is 26.2 Å². The lowest BCUT2D eigenvalue weighted by Crippen LogP contribution is -2.50. The number of esters is 1. The number of halogens is 2. The summed E-state index contributed by atoms with van der Waals surface area (Å²) in [6.07, 6.45) is -0.427. The number of amides is 1. The summed E-state index contributed by atoms with van der Waals surface area (Å²) in [6.45, 7) is 6.75. The minimum absolute atomic E-state index is 0.0108. The maximum atomic E-state index is 14.6. The van der Waals surface area contributed by atoms with E-state index in [9.17, 15) is 18.4 Å². The molecule has 1 aliphatic heterocycles. The van der Waals surface area contributed by atoms with Crippen LogP contribution in [0.3, 0.4) is 0 Å². The molecule has 1 aromatic carbocycles. The van der Waals surface area contributed by atoms with Crippen molar-refractivity contribution in [3.05, 3.63) is 35.5 Å². The fourth-order valence-corrected chi connectivity index (χ4v) is 3.16. The van der Waals surface area contributed by atoms with E-state index >= 15 is 0 Å². The first-order chi connectivity index (χ1) is 13.6. The quantitative estimate of drug-likeness (QED) is 0.711. The molecule has 0 aliphatic carbocycles. The average Bonchev–Trinajstić information content (AvgIpc) is 2.68. The lowest BCUT2D eigenvalue weighted by Gasteiger charge is -2.37. The molecule has 1 amide bonds. The van der Waals surface area contributed by atoms with Crippen LogP contribution in [0.15, 0.2) is 18.2 Å². The van der Waals surface area contributed by atoms with Gasteiger partial charge in [-0.1, -0.05) is 0 Å². The van der Waals surface area contributed by atoms with Gasteiger partial charge in [-0.2, -0.15) is 0 Å². The van der Waals surface area contributed by atoms with Gasteiger partial charge in [0.2, 0.25) is 0 Å². The number of carbonyl (C=O) groups is 2. The summed E-state index contributed by atoms with van der Waals surface area (Å²) in [5, 5.41) is -0.0108. The number of carbonyl (C=O) groups excluding carboxylic acids is 2. The smallest absolute Gasteiger partial charge is 0.410 e. The molecule has 1 aromatic heterocycles. The molecule has 7 nitrogen and oxygen atoms in total. The summed E-state index contributed by atoms with van der Waals surface area (Å²) < 4.78 is 38.9. The second kappa shape index (κ2) is 7.81. The standard InChI is InChI=1S/C20H23F2N3O4/c1-20(2,3)29-19(27)25-9-7-24(8-10-25)15-11-14(18(26)28-4)23-17-13(22)6-5-12(21)16(15)17/h5-6,11H,7-10H2,1-4H3. The molecule has 0 radical (unpaired) electrons. The van der Waals surface area contributed by atoms with Gasteiger partial charge in [-0.25, -0.2) is 23.4 Å². The second-order valence-corrected chi connectivity index (χ2v) is 7.73. The Bertz CT molecular complexity index is 951. The highest BCUT2D eigenvalue weighted by atomic mass is 19.1. The number of aromatic nitrogens is 1. The summed E-state index contributed by atoms with van der Waals surface area (Å²) in [7, 11) is 1.19. The molecular formula is C20H23F2N3O4. The first-order valence-corrected chi connectivity index (χ1v) is 9.20. The Morgan fingerprint density at radius 3 is 2.28 bits per heavy atom. The number of piperazine rings is 1. The van der Waals surface area contributed by atoms with Crippen molar-refractivity contribution < 1.29 is 27.8 Å². The van der Waals surface area contributed by atoms with Crippen molar-refractivity contribution in [1.82, 2.24) is 9.88 Å². The molecule has 0 saturated carbocycles. The predicted molar refractivity (Wildman–Crippen MR) is 103 cm³/mol. The van der Waals surface area contributed by atoms with Crippen LogP contribution in [-0.4, -0.2) is 60.8 Å². The minimum Gasteiger partial charge on any atom is -0.464 e. The first-order valence-electron chi connectivity index (χ1n) is 9.20. The average molecular weight is 407 g/mol. The highest BCUT2D eigenvalue weighted by Gasteiger charge is 2.28. The number of benzene rings is 1. The number of anilines is 1. The van der Waals surface area contributed by atoms with Gasteiger partial charge in [-0.15, -0.1) is 0 Å². The highest BCUT2D eigenvalue weighted by molar-refractivity contribution is 5.98. The van der Waals surface area contributed by atoms with Gasteiger partial charge in [0.05, 0.1) is 18.2 Å². The Labute approximate surface area is 167 Å². The van der Waals surface area contributed by atoms with E-state index in [1.165, 1.54) is 13.2 Å². The summed E-state index contributed by atoms with van der Waals surface area (Å²) in [6, 6.07) is 3.38. The monoisotopic (exact) mass is 407 g/mol. The van der Waals surface area contributed by atoms with Crippen LogP contribution in [0.2, 0.25) is 0 Å². The van der Waals surface area contributed by atoms with Crippen molar-refractivity contribution in [2.45, 2.75) is 26.4 Å². The number of hydrogen-bond donors (Lipinski definition) is 0. The summed E-state index contributed by atoms with van der Waals surface area (Å²) in [4.78, 5) is 31.5. The minimum atomic E-state index is -0.746. The van der Waals surface area contributed by atoms with Crippen LogP contribution >= 0.6 is 0 Å². The summed E-state index contributed by atoms with van der Waals surface area (Å²) in [5.41, 5.74) is -0.631. The number of ether oxygens (including phenoxy) is 2. The molecule has 2 heterocycles. The van der Waals surface area contributed by atoms with Crippen LogP contribution in [0.25, 0.3) is 10.9 Å². The van der Waals surface area contributed by atoms with Crippen molar-refractivity contribution in [2.75, 3.05) is 38.2 Å². The fraction of sp³-hybridized carbons (Fsp3) is 0.450. The highest BCUT2D eigenvalue weighted by Crippen LogP contribution is 2.32. The van der Waals surface area contributed by atoms with E-state index in [0.29, 0.717) is 31.9 Å². The maximum Gasteiger partial charge on any atom is 0.410 e. The number of pyridine rings is 1. The zero-order chi connectivity index (χ0) is 21.3. The van der Waals surface area contributed by atoms with Gasteiger partial charge in [-0.05, 0) is 39.0 Å². The topological polar surface area (TPSA) is 72.0 Å². The summed E-state index contributed by atoms with van der Waals surface area (Å²) >= 11 is 0. The van der Waals surface area contributed by atoms with E-state index in [1.807, 2.05) is 0 Å². The largest absolute Gasteiger partial charge is 0.464 e. The van der Waals surface area contributed by atoms with Crippen LogP contribution in [0, 0.1) is 11.6 Å². The van der Waals surface area contributed by atoms with E-state index < -0.39 is 29.3 Å². The normalized spacial score (nSPS) is 14.8. The van der Waals surface area contributed by atoms with E-state index in [4.69, 9.17) is 4.74 Å². The number of methoxy groups -OCH3 is 1. The van der Waals surface area contributed by atoms with Crippen LogP contribution in [0.1, 0.15) is 31.3 Å². The zero-order valence-corrected chi connectivity index (χ0v) is 16.8. The lowest BCUT2D eigenvalue weighted by molar-refractivity contribution is 0.0240. The fourth-order valence-electron chi connectivity index (χ4n) is 3.16. The van der Waals surface area contributed by atoms with Crippen LogP contribution in [-0.2, 0) is 9.47 Å². The number of rotatable bonds is 2. The van der Waals surface area contributed by atoms with Crippen molar-refractivity contribution >= 4 is 28.7 Å². The Hall–Kier alpha value is -2.97. The molecule has 0 atom stereocenters. The summed E-state index contributed by atoms with van der Waals surface area (Å²) in [5.74, 6) is -2.13. The molecule has 29 heavy (non-hydrogen) atoms. The molecule has 156 valence electrons. The van der Waals surface area contributed by atoms with Gasteiger partial charge in [0.1, 0.15) is 22.8 Å². The van der Waals surface area contributed by atoms with Gasteiger partial charge in [-0.3, -0.25) is 0 Å². The Morgan fingerprint density at radius 2 is 1.69 bits per heavy atom. The van der Waals surface area contributed by atoms with Gasteiger partial charge in [0.25, 0.3) is 0 Å². The van der Waals surface area contributed by atoms with Crippen LogP contribution in [0.4, 0.5) is 19.3 Å². The van der Waals surface area contributed by atoms with Crippen LogP contribution < -0.4 is 4.90 Å². The second-order valence-electron chi connectivity index (χ2n) is 7.73. The van der Waals surface area contributed by atoms with Gasteiger partial charge in [0.15, 0.2) is 5.69 Å². The van der Waals surface area contributed by atoms with Gasteiger partial charge >= 0.3 is 12.1 Å². The molecule has 2 aromatic rings. The van der Waals surface area contributed by atoms with E-state index in [0.717, 1.165) is 12.1 Å². The molecule has 9 heteroatoms. The third-order valence-corrected chi connectivity index (χ3v) is 4.51. The van der Waals surface area contributed by atoms with Crippen molar-refractivity contribution in [1.29, 1.82) is 0 Å². The molecule has 1 aliphatic rings. The molecule has 3 rings (SSSR count). The maximum absolute atomic E-state index is 14.6. The molecule has 0 unspecified atom stereocenters. The molecule has 0 bridgehead atoms. The van der Waals surface area contributed by atoms with Crippen molar-refractivity contribution in [3.63, 3.8) is 0 Å². The Kier molecular flexibility index (Phi) is 5.59. The lowest BCUT2D eigenvalue weighted by atomic mass is 10.1. The molecule has 1 fully saturated rings. The number of hydrogen-bond acceptors (Lipinski definition) is 6. The molecule has 0 spiro atoms. The number of nitrogens with zero attached hydrogens (tertiary/aromatic N) is 3. The van der Waals surface area contributed by atoms with Crippen molar-refractivity contribution in [3.8, 4) is 0 Å². The number of fused-ring (bicyclic) bond motifs is 1. The zero-order valence-electron chi connectivity index (χ0n) is 16.8. The molecular weight excluding hydrogens is 384 g/mol. The molecule has 0 N–H and O–H groups in total. The Balaban J connectivity index is 1.93. The van der Waals surface area contributed by atoms with Crippen molar-refractivity contribution in [2.24, 2.45) is 0 Å². The Morgan fingerprint density at radius 1 is 1.07 bits per heavy atom. The van der Waals surface area contributed by atoms with Gasteiger partial charge < -0.3 is 19.3 Å². The van der Waals surface area contributed by atoms with E-state index in [1.54, 1.807) is 30.6 Å². The van der Waals surface area contributed by atoms with Crippen LogP contribution in [0.5, 0.6) is 0 Å². The third-order valence-electron chi connectivity index (χ3n) is 4.51. The molecule has 1 saturated heterocycles. The first kappa shape index (κ1) is 20.8. The van der Waals surface area contributed by atoms with E-state index in [-0.39, 0.29) is 16.6 Å².